The Kier molecular flexibility index (Phi) is 5.39. The molecule has 25 heavy (non-hydrogen) atoms. The minimum absolute atomic E-state index is 0.0248. The van der Waals surface area contributed by atoms with Gasteiger partial charge in [0.2, 0.25) is 5.91 Å². The van der Waals surface area contributed by atoms with E-state index in [1.165, 1.54) is 12.1 Å². The lowest BCUT2D eigenvalue weighted by Gasteiger charge is -2.26. The van der Waals surface area contributed by atoms with Crippen LogP contribution in [0.5, 0.6) is 0 Å². The van der Waals surface area contributed by atoms with Crippen LogP contribution in [0, 0.1) is 18.7 Å². The van der Waals surface area contributed by atoms with Gasteiger partial charge in [-0.25, -0.2) is 4.39 Å². The molecule has 1 fully saturated rings. The number of aryl methyl sites for hydroxylation is 2. The maximum absolute atomic E-state index is 13.3. The number of hydrogen-bond acceptors (Lipinski definition) is 3. The number of carbonyl (C=O) groups excluding carboxylic acids is 1. The standard InChI is InChI=1S/C18H21ClFN3O2/c1-12-7-16(22(2)21-12)10-23(18(24)14-5-6-25-11-14)9-13-3-4-15(20)8-17(13)19/h3-4,7-8,14H,5-6,9-11H2,1-2H3/t14-/m1/s1. The summed E-state index contributed by atoms with van der Waals surface area (Å²) in [4.78, 5) is 14.7. The summed E-state index contributed by atoms with van der Waals surface area (Å²) in [5.74, 6) is -0.511. The molecule has 0 unspecified atom stereocenters. The second-order valence-corrected chi connectivity index (χ2v) is 6.80. The highest BCUT2D eigenvalue weighted by molar-refractivity contribution is 6.31. The van der Waals surface area contributed by atoms with Gasteiger partial charge in [0.25, 0.3) is 0 Å². The van der Waals surface area contributed by atoms with Crippen LogP contribution in [0.4, 0.5) is 4.39 Å². The molecule has 1 aliphatic rings. The molecule has 2 heterocycles. The first-order chi connectivity index (χ1) is 11.9. The molecular formula is C18H21ClFN3O2. The molecule has 0 radical (unpaired) electrons. The van der Waals surface area contributed by atoms with E-state index in [0.717, 1.165) is 17.8 Å². The van der Waals surface area contributed by atoms with E-state index in [-0.39, 0.29) is 11.8 Å². The van der Waals surface area contributed by atoms with Crippen LogP contribution in [0.3, 0.4) is 0 Å². The Bertz CT molecular complexity index is 772. The van der Waals surface area contributed by atoms with Gasteiger partial charge in [-0.2, -0.15) is 5.10 Å². The minimum atomic E-state index is -0.391. The zero-order chi connectivity index (χ0) is 18.0. The summed E-state index contributed by atoms with van der Waals surface area (Å²) >= 11 is 6.16. The van der Waals surface area contributed by atoms with Crippen LogP contribution in [0.1, 0.15) is 23.4 Å². The summed E-state index contributed by atoms with van der Waals surface area (Å²) in [6, 6.07) is 6.21. The van der Waals surface area contributed by atoms with Gasteiger partial charge in [0.15, 0.2) is 0 Å². The van der Waals surface area contributed by atoms with Gasteiger partial charge in [0, 0.05) is 25.2 Å². The molecule has 0 saturated carbocycles. The van der Waals surface area contributed by atoms with E-state index >= 15 is 0 Å². The highest BCUT2D eigenvalue weighted by Gasteiger charge is 2.29. The van der Waals surface area contributed by atoms with Gasteiger partial charge >= 0.3 is 0 Å². The molecule has 134 valence electrons. The van der Waals surface area contributed by atoms with Crippen LogP contribution < -0.4 is 0 Å². The van der Waals surface area contributed by atoms with Crippen LogP contribution in [0.25, 0.3) is 0 Å². The largest absolute Gasteiger partial charge is 0.381 e. The van der Waals surface area contributed by atoms with Crippen molar-refractivity contribution in [2.24, 2.45) is 13.0 Å². The maximum atomic E-state index is 13.3. The van der Waals surface area contributed by atoms with Gasteiger partial charge in [-0.15, -0.1) is 0 Å². The van der Waals surface area contributed by atoms with Crippen molar-refractivity contribution in [3.8, 4) is 0 Å². The van der Waals surface area contributed by atoms with Gasteiger partial charge in [-0.05, 0) is 37.1 Å². The quantitative estimate of drug-likeness (QED) is 0.818. The average Bonchev–Trinajstić information content (AvgIpc) is 3.18. The molecule has 0 N–H and O–H groups in total. The minimum Gasteiger partial charge on any atom is -0.381 e. The Morgan fingerprint density at radius 3 is 2.84 bits per heavy atom. The Balaban J connectivity index is 1.85. The Morgan fingerprint density at radius 1 is 1.44 bits per heavy atom. The number of carbonyl (C=O) groups is 1. The fraction of sp³-hybridized carbons (Fsp3) is 0.444. The molecule has 1 aromatic carbocycles. The summed E-state index contributed by atoms with van der Waals surface area (Å²) < 4.78 is 20.4. The Hall–Kier alpha value is -1.92. The number of hydrogen-bond donors (Lipinski definition) is 0. The molecule has 5 nitrogen and oxygen atoms in total. The van der Waals surface area contributed by atoms with Gasteiger partial charge in [0.1, 0.15) is 5.82 Å². The zero-order valence-electron chi connectivity index (χ0n) is 14.3. The Labute approximate surface area is 151 Å². The molecule has 2 aromatic rings. The van der Waals surface area contributed by atoms with Crippen LogP contribution in [-0.2, 0) is 29.7 Å². The van der Waals surface area contributed by atoms with E-state index in [2.05, 4.69) is 5.10 Å². The molecule has 1 saturated heterocycles. The van der Waals surface area contributed by atoms with Crippen LogP contribution in [0.15, 0.2) is 24.3 Å². The average molecular weight is 366 g/mol. The summed E-state index contributed by atoms with van der Waals surface area (Å²) in [5.41, 5.74) is 2.55. The lowest BCUT2D eigenvalue weighted by atomic mass is 10.1. The molecule has 1 atom stereocenters. The number of nitrogens with zero attached hydrogens (tertiary/aromatic N) is 3. The van der Waals surface area contributed by atoms with Crippen molar-refractivity contribution < 1.29 is 13.9 Å². The molecule has 1 amide bonds. The fourth-order valence-corrected chi connectivity index (χ4v) is 3.29. The van der Waals surface area contributed by atoms with Gasteiger partial charge < -0.3 is 9.64 Å². The lowest BCUT2D eigenvalue weighted by Crippen LogP contribution is -2.36. The zero-order valence-corrected chi connectivity index (χ0v) is 15.1. The summed E-state index contributed by atoms with van der Waals surface area (Å²) in [7, 11) is 1.86. The smallest absolute Gasteiger partial charge is 0.228 e. The van der Waals surface area contributed by atoms with Crippen molar-refractivity contribution in [2.45, 2.75) is 26.4 Å². The SMILES string of the molecule is Cc1cc(CN(Cc2ccc(F)cc2Cl)C(=O)[C@@H]2CCOC2)n(C)n1. The topological polar surface area (TPSA) is 47.4 Å². The monoisotopic (exact) mass is 365 g/mol. The third-order valence-electron chi connectivity index (χ3n) is 4.42. The summed E-state index contributed by atoms with van der Waals surface area (Å²) in [5, 5.41) is 4.66. The van der Waals surface area contributed by atoms with Gasteiger partial charge in [0.05, 0.1) is 30.5 Å². The lowest BCUT2D eigenvalue weighted by molar-refractivity contribution is -0.136. The van der Waals surface area contributed by atoms with Crippen molar-refractivity contribution in [1.82, 2.24) is 14.7 Å². The number of amides is 1. The van der Waals surface area contributed by atoms with E-state index in [0.29, 0.717) is 36.9 Å². The number of rotatable bonds is 5. The third kappa shape index (κ3) is 4.19. The molecular weight excluding hydrogens is 345 g/mol. The van der Waals surface area contributed by atoms with Crippen LogP contribution in [0.2, 0.25) is 5.02 Å². The third-order valence-corrected chi connectivity index (χ3v) is 4.77. The predicted molar refractivity (Wildman–Crippen MR) is 92.5 cm³/mol. The highest BCUT2D eigenvalue weighted by atomic mass is 35.5. The Morgan fingerprint density at radius 2 is 2.24 bits per heavy atom. The van der Waals surface area contributed by atoms with Gasteiger partial charge in [-0.3, -0.25) is 9.48 Å². The first-order valence-electron chi connectivity index (χ1n) is 8.24. The number of halogens is 2. The molecule has 0 spiro atoms. The van der Waals surface area contributed by atoms with Gasteiger partial charge in [-0.1, -0.05) is 17.7 Å². The van der Waals surface area contributed by atoms with Crippen molar-refractivity contribution in [3.05, 3.63) is 52.1 Å². The first-order valence-corrected chi connectivity index (χ1v) is 8.62. The molecule has 1 aliphatic heterocycles. The predicted octanol–water partition coefficient (Wildman–Crippen LogP) is 3.09. The first kappa shape index (κ1) is 17.9. The second kappa shape index (κ2) is 7.54. The number of aromatic nitrogens is 2. The second-order valence-electron chi connectivity index (χ2n) is 6.39. The van der Waals surface area contributed by atoms with E-state index in [1.807, 2.05) is 20.0 Å². The van der Waals surface area contributed by atoms with E-state index in [4.69, 9.17) is 16.3 Å². The van der Waals surface area contributed by atoms with Crippen molar-refractivity contribution in [3.63, 3.8) is 0 Å². The normalized spacial score (nSPS) is 17.0. The van der Waals surface area contributed by atoms with Crippen LogP contribution in [-0.4, -0.2) is 33.8 Å². The van der Waals surface area contributed by atoms with E-state index in [1.54, 1.807) is 15.6 Å². The maximum Gasteiger partial charge on any atom is 0.228 e. The van der Waals surface area contributed by atoms with Crippen molar-refractivity contribution >= 4 is 17.5 Å². The molecule has 0 bridgehead atoms. The summed E-state index contributed by atoms with van der Waals surface area (Å²) in [6.45, 7) is 3.69. The summed E-state index contributed by atoms with van der Waals surface area (Å²) in [6.07, 6.45) is 0.719. The van der Waals surface area contributed by atoms with Crippen molar-refractivity contribution in [2.75, 3.05) is 13.2 Å². The highest BCUT2D eigenvalue weighted by Crippen LogP contribution is 2.23. The van der Waals surface area contributed by atoms with E-state index < -0.39 is 5.82 Å². The molecule has 7 heteroatoms. The molecule has 0 aliphatic carbocycles. The van der Waals surface area contributed by atoms with Crippen molar-refractivity contribution in [1.29, 1.82) is 0 Å². The van der Waals surface area contributed by atoms with E-state index in [9.17, 15) is 9.18 Å². The fourth-order valence-electron chi connectivity index (χ4n) is 3.06. The molecule has 1 aromatic heterocycles. The molecule has 3 rings (SSSR count). The number of benzene rings is 1. The number of ether oxygens (including phenoxy) is 1. The van der Waals surface area contributed by atoms with Crippen LogP contribution >= 0.6 is 11.6 Å².